The Morgan fingerprint density at radius 1 is 1.09 bits per heavy atom. The predicted molar refractivity (Wildman–Crippen MR) is 133 cm³/mol. The maximum atomic E-state index is 12.2. The summed E-state index contributed by atoms with van der Waals surface area (Å²) in [6, 6.07) is 10.4. The lowest BCUT2D eigenvalue weighted by molar-refractivity contribution is -0.136. The molecule has 2 aromatic carbocycles. The summed E-state index contributed by atoms with van der Waals surface area (Å²) in [6.07, 6.45) is 1.47. The standard InChI is InChI=1S/C22H24N4O5S2/c1-29-16-5-6-17(19(11-16)31-3)25-20(27)21(28)26-24-12-14-4-7-18(30-2)15(10-14)13-33-22-23-8-9-32-22/h4-7,10-12H,8-9,13H2,1-3H3,(H,25,27)(H,26,28)/b24-12+. The van der Waals surface area contributed by atoms with E-state index < -0.39 is 11.8 Å². The molecule has 33 heavy (non-hydrogen) atoms. The van der Waals surface area contributed by atoms with Crippen LogP contribution >= 0.6 is 23.5 Å². The molecule has 0 radical (unpaired) electrons. The fourth-order valence-corrected chi connectivity index (χ4v) is 4.82. The Morgan fingerprint density at radius 3 is 2.61 bits per heavy atom. The van der Waals surface area contributed by atoms with Crippen LogP contribution in [-0.2, 0) is 15.3 Å². The molecule has 0 spiro atoms. The van der Waals surface area contributed by atoms with E-state index in [1.807, 2.05) is 18.2 Å². The van der Waals surface area contributed by atoms with Gasteiger partial charge in [-0.3, -0.25) is 14.6 Å². The highest BCUT2D eigenvalue weighted by atomic mass is 32.2. The van der Waals surface area contributed by atoms with Crippen molar-refractivity contribution in [3.05, 3.63) is 47.5 Å². The second kappa shape index (κ2) is 12.2. The van der Waals surface area contributed by atoms with Crippen molar-refractivity contribution in [3.8, 4) is 17.2 Å². The molecule has 174 valence electrons. The molecule has 3 rings (SSSR count). The van der Waals surface area contributed by atoms with Crippen LogP contribution < -0.4 is 25.0 Å². The van der Waals surface area contributed by atoms with Crippen LogP contribution in [0.3, 0.4) is 0 Å². The third-order valence-electron chi connectivity index (χ3n) is 4.46. The van der Waals surface area contributed by atoms with E-state index in [0.29, 0.717) is 22.9 Å². The van der Waals surface area contributed by atoms with Crippen molar-refractivity contribution in [3.63, 3.8) is 0 Å². The number of hydrazone groups is 1. The molecule has 0 unspecified atom stereocenters. The molecule has 0 fully saturated rings. The molecular formula is C22H24N4O5S2. The monoisotopic (exact) mass is 488 g/mol. The number of aliphatic imine (C=N–C) groups is 1. The number of rotatable bonds is 8. The van der Waals surface area contributed by atoms with Crippen molar-refractivity contribution in [1.29, 1.82) is 0 Å². The molecule has 2 N–H and O–H groups in total. The first-order chi connectivity index (χ1) is 16.0. The highest BCUT2D eigenvalue weighted by Gasteiger charge is 2.16. The van der Waals surface area contributed by atoms with E-state index in [0.717, 1.165) is 33.5 Å². The number of benzene rings is 2. The Hall–Kier alpha value is -3.18. The lowest BCUT2D eigenvalue weighted by atomic mass is 10.1. The van der Waals surface area contributed by atoms with Gasteiger partial charge in [-0.15, -0.1) is 0 Å². The van der Waals surface area contributed by atoms with E-state index in [1.54, 1.807) is 48.8 Å². The molecule has 0 bridgehead atoms. The number of nitrogens with zero attached hydrogens (tertiary/aromatic N) is 2. The van der Waals surface area contributed by atoms with Crippen LogP contribution in [0.2, 0.25) is 0 Å². The number of hydrogen-bond acceptors (Lipinski definition) is 9. The number of nitrogens with one attached hydrogen (secondary N) is 2. The minimum atomic E-state index is -0.912. The fraction of sp³-hybridized carbons (Fsp3) is 0.273. The van der Waals surface area contributed by atoms with Gasteiger partial charge in [-0.05, 0) is 35.9 Å². The Kier molecular flexibility index (Phi) is 9.02. The molecule has 1 heterocycles. The topological polar surface area (TPSA) is 111 Å². The molecule has 0 saturated heterocycles. The highest BCUT2D eigenvalue weighted by molar-refractivity contribution is 8.38. The van der Waals surface area contributed by atoms with Gasteiger partial charge in [0.05, 0.1) is 39.8 Å². The van der Waals surface area contributed by atoms with Gasteiger partial charge in [-0.2, -0.15) is 5.10 Å². The molecule has 0 atom stereocenters. The van der Waals surface area contributed by atoms with Gasteiger partial charge in [0, 0.05) is 23.1 Å². The fourth-order valence-electron chi connectivity index (χ4n) is 2.83. The van der Waals surface area contributed by atoms with E-state index in [2.05, 4.69) is 20.8 Å². The zero-order valence-electron chi connectivity index (χ0n) is 18.4. The first-order valence-corrected chi connectivity index (χ1v) is 11.8. The highest BCUT2D eigenvalue weighted by Crippen LogP contribution is 2.30. The summed E-state index contributed by atoms with van der Waals surface area (Å²) in [6.45, 7) is 0.857. The molecule has 2 amide bonds. The maximum absolute atomic E-state index is 12.2. The Bertz CT molecular complexity index is 1070. The predicted octanol–water partition coefficient (Wildman–Crippen LogP) is 3.14. The van der Waals surface area contributed by atoms with Crippen LogP contribution in [0.4, 0.5) is 5.69 Å². The SMILES string of the molecule is COc1ccc(NC(=O)C(=O)N/N=C/c2ccc(OC)c(CSC3=NCCS3)c2)c(OC)c1. The van der Waals surface area contributed by atoms with Crippen molar-refractivity contribution in [2.24, 2.45) is 10.1 Å². The lowest BCUT2D eigenvalue weighted by Gasteiger charge is -2.11. The zero-order chi connectivity index (χ0) is 23.6. The van der Waals surface area contributed by atoms with Gasteiger partial charge in [0.15, 0.2) is 0 Å². The van der Waals surface area contributed by atoms with Crippen LogP contribution in [-0.4, -0.2) is 56.0 Å². The van der Waals surface area contributed by atoms with Gasteiger partial charge in [0.2, 0.25) is 0 Å². The average Bonchev–Trinajstić information content (AvgIpc) is 3.36. The maximum Gasteiger partial charge on any atom is 0.329 e. The number of thioether (sulfide) groups is 2. The summed E-state index contributed by atoms with van der Waals surface area (Å²) in [5.74, 6) is 1.62. The van der Waals surface area contributed by atoms with Gasteiger partial charge in [0.1, 0.15) is 21.6 Å². The minimum Gasteiger partial charge on any atom is -0.497 e. The second-order valence-corrected chi connectivity index (χ2v) is 8.88. The largest absolute Gasteiger partial charge is 0.497 e. The van der Waals surface area contributed by atoms with Crippen LogP contribution in [0.15, 0.2) is 46.5 Å². The van der Waals surface area contributed by atoms with E-state index in [1.165, 1.54) is 20.4 Å². The van der Waals surface area contributed by atoms with Gasteiger partial charge in [-0.25, -0.2) is 5.43 Å². The van der Waals surface area contributed by atoms with E-state index in [4.69, 9.17) is 14.2 Å². The summed E-state index contributed by atoms with van der Waals surface area (Å²) in [5, 5.41) is 6.39. The van der Waals surface area contributed by atoms with Crippen LogP contribution in [0.5, 0.6) is 17.2 Å². The molecule has 9 nitrogen and oxygen atoms in total. The zero-order valence-corrected chi connectivity index (χ0v) is 20.0. The van der Waals surface area contributed by atoms with Crippen LogP contribution in [0.1, 0.15) is 11.1 Å². The van der Waals surface area contributed by atoms with Crippen molar-refractivity contribution in [1.82, 2.24) is 5.43 Å². The number of anilines is 1. The first kappa shape index (κ1) is 24.5. The molecule has 2 aromatic rings. The molecule has 1 aliphatic rings. The Labute approximate surface area is 200 Å². The number of carbonyl (C=O) groups is 2. The summed E-state index contributed by atoms with van der Waals surface area (Å²) < 4.78 is 16.8. The smallest absolute Gasteiger partial charge is 0.329 e. The average molecular weight is 489 g/mol. The molecule has 0 saturated carbocycles. The van der Waals surface area contributed by atoms with Crippen molar-refractivity contribution < 1.29 is 23.8 Å². The van der Waals surface area contributed by atoms with Gasteiger partial charge >= 0.3 is 11.8 Å². The summed E-state index contributed by atoms with van der Waals surface area (Å²) in [4.78, 5) is 28.8. The Morgan fingerprint density at radius 2 is 1.91 bits per heavy atom. The third kappa shape index (κ3) is 6.90. The molecule has 11 heteroatoms. The van der Waals surface area contributed by atoms with Crippen molar-refractivity contribution in [2.75, 3.05) is 38.9 Å². The number of methoxy groups -OCH3 is 3. The van der Waals surface area contributed by atoms with Crippen LogP contribution in [0, 0.1) is 0 Å². The summed E-state index contributed by atoms with van der Waals surface area (Å²) in [7, 11) is 4.60. The summed E-state index contributed by atoms with van der Waals surface area (Å²) >= 11 is 3.41. The number of carbonyl (C=O) groups excluding carboxylic acids is 2. The lowest BCUT2D eigenvalue weighted by Crippen LogP contribution is -2.32. The normalized spacial score (nSPS) is 12.9. The Balaban J connectivity index is 1.59. The molecular weight excluding hydrogens is 464 g/mol. The number of hydrogen-bond donors (Lipinski definition) is 2. The van der Waals surface area contributed by atoms with Gasteiger partial charge in [-0.1, -0.05) is 23.5 Å². The molecule has 0 aromatic heterocycles. The van der Waals surface area contributed by atoms with Crippen molar-refractivity contribution >= 4 is 51.6 Å². The van der Waals surface area contributed by atoms with E-state index in [-0.39, 0.29) is 0 Å². The number of ether oxygens (including phenoxy) is 3. The van der Waals surface area contributed by atoms with Crippen molar-refractivity contribution in [2.45, 2.75) is 5.75 Å². The summed E-state index contributed by atoms with van der Waals surface area (Å²) in [5.41, 5.74) is 4.31. The first-order valence-electron chi connectivity index (χ1n) is 9.87. The van der Waals surface area contributed by atoms with E-state index >= 15 is 0 Å². The van der Waals surface area contributed by atoms with E-state index in [9.17, 15) is 9.59 Å². The van der Waals surface area contributed by atoms with Gasteiger partial charge in [0.25, 0.3) is 0 Å². The third-order valence-corrected chi connectivity index (χ3v) is 6.76. The molecule has 1 aliphatic heterocycles. The second-order valence-electron chi connectivity index (χ2n) is 6.58. The minimum absolute atomic E-state index is 0.338. The quantitative estimate of drug-likeness (QED) is 0.334. The number of amides is 2. The van der Waals surface area contributed by atoms with Gasteiger partial charge < -0.3 is 19.5 Å². The molecule has 0 aliphatic carbocycles. The van der Waals surface area contributed by atoms with Crippen LogP contribution in [0.25, 0.3) is 0 Å².